The average Bonchev–Trinajstić information content (AvgIpc) is 3.14. The van der Waals surface area contributed by atoms with Crippen LogP contribution in [-0.2, 0) is 21.2 Å². The number of oxazole rings is 1. The van der Waals surface area contributed by atoms with Crippen LogP contribution < -0.4 is 11.1 Å². The third-order valence-electron chi connectivity index (χ3n) is 3.91. The number of para-hydroxylation sites is 2. The molecule has 0 bridgehead atoms. The van der Waals surface area contributed by atoms with Gasteiger partial charge in [0.2, 0.25) is 5.91 Å². The Morgan fingerprint density at radius 2 is 2.04 bits per heavy atom. The van der Waals surface area contributed by atoms with Gasteiger partial charge < -0.3 is 9.73 Å². The Morgan fingerprint density at radius 3 is 2.81 bits per heavy atom. The van der Waals surface area contributed by atoms with E-state index in [4.69, 9.17) is 4.42 Å². The van der Waals surface area contributed by atoms with Crippen LogP contribution in [0.4, 0.5) is 5.13 Å². The van der Waals surface area contributed by atoms with Gasteiger partial charge in [-0.25, -0.2) is 18.2 Å². The first kappa shape index (κ1) is 17.4. The molecule has 0 unspecified atom stereocenters. The number of carbonyl (C=O) groups excluding carboxylic acids is 1. The number of hydrogen-bond donors (Lipinski definition) is 1. The third-order valence-corrected chi connectivity index (χ3v) is 5.95. The summed E-state index contributed by atoms with van der Waals surface area (Å²) in [5.74, 6) is -1.06. The van der Waals surface area contributed by atoms with E-state index in [2.05, 4.69) is 10.3 Å². The zero-order valence-corrected chi connectivity index (χ0v) is 15.6. The lowest BCUT2D eigenvalue weighted by Gasteiger charge is -2.02. The molecule has 0 saturated heterocycles. The molecular weight excluding hydrogens is 390 g/mol. The summed E-state index contributed by atoms with van der Waals surface area (Å²) in [6.45, 7) is -0.222. The summed E-state index contributed by atoms with van der Waals surface area (Å²) in [6.07, 6.45) is 1.13. The SMILES string of the molecule is CS(=O)(=O)c1ccc2nc(NC(=O)Cn3c(=O)oc4ccccc43)sc2c1. The van der Waals surface area contributed by atoms with E-state index in [-0.39, 0.29) is 11.4 Å². The van der Waals surface area contributed by atoms with Gasteiger partial charge in [-0.15, -0.1) is 0 Å². The first-order valence-corrected chi connectivity index (χ1v) is 10.5. The Morgan fingerprint density at radius 1 is 1.26 bits per heavy atom. The highest BCUT2D eigenvalue weighted by molar-refractivity contribution is 7.90. The second-order valence-corrected chi connectivity index (χ2v) is 8.94. The highest BCUT2D eigenvalue weighted by Crippen LogP contribution is 2.28. The Hall–Kier alpha value is -2.98. The number of hydrogen-bond acceptors (Lipinski definition) is 7. The molecule has 0 fully saturated rings. The first-order valence-electron chi connectivity index (χ1n) is 7.80. The van der Waals surface area contributed by atoms with Gasteiger partial charge in [-0.3, -0.25) is 9.36 Å². The summed E-state index contributed by atoms with van der Waals surface area (Å²) in [7, 11) is -3.32. The first-order chi connectivity index (χ1) is 12.8. The van der Waals surface area contributed by atoms with Gasteiger partial charge in [0.1, 0.15) is 6.54 Å². The number of benzene rings is 2. The summed E-state index contributed by atoms with van der Waals surface area (Å²) >= 11 is 1.16. The van der Waals surface area contributed by atoms with E-state index in [0.717, 1.165) is 17.6 Å². The molecule has 1 amide bonds. The number of amides is 1. The number of thiazole rings is 1. The molecule has 27 heavy (non-hydrogen) atoms. The molecule has 4 rings (SSSR count). The van der Waals surface area contributed by atoms with Gasteiger partial charge in [-0.2, -0.15) is 0 Å². The van der Waals surface area contributed by atoms with E-state index in [1.54, 1.807) is 30.3 Å². The second kappa shape index (κ2) is 6.32. The predicted octanol–water partition coefficient (Wildman–Crippen LogP) is 2.25. The molecule has 0 spiro atoms. The number of carbonyl (C=O) groups is 1. The van der Waals surface area contributed by atoms with E-state index in [9.17, 15) is 18.0 Å². The van der Waals surface area contributed by atoms with Crippen molar-refractivity contribution in [2.75, 3.05) is 11.6 Å². The van der Waals surface area contributed by atoms with Gasteiger partial charge in [0.25, 0.3) is 0 Å². The predicted molar refractivity (Wildman–Crippen MR) is 102 cm³/mol. The van der Waals surface area contributed by atoms with E-state index in [1.165, 1.54) is 16.7 Å². The lowest BCUT2D eigenvalue weighted by molar-refractivity contribution is -0.116. The molecule has 10 heteroatoms. The molecule has 4 aromatic rings. The van der Waals surface area contributed by atoms with Crippen LogP contribution in [0.15, 0.2) is 56.6 Å². The van der Waals surface area contributed by atoms with Crippen molar-refractivity contribution < 1.29 is 17.6 Å². The maximum Gasteiger partial charge on any atom is 0.420 e. The summed E-state index contributed by atoms with van der Waals surface area (Å²) in [5, 5.41) is 2.96. The van der Waals surface area contributed by atoms with Crippen molar-refractivity contribution in [2.45, 2.75) is 11.4 Å². The van der Waals surface area contributed by atoms with E-state index in [1.807, 2.05) is 0 Å². The molecule has 0 aliphatic heterocycles. The van der Waals surface area contributed by atoms with Crippen LogP contribution in [0.25, 0.3) is 21.3 Å². The lowest BCUT2D eigenvalue weighted by atomic mass is 10.3. The smallest absolute Gasteiger partial charge is 0.408 e. The third kappa shape index (κ3) is 3.36. The van der Waals surface area contributed by atoms with Crippen LogP contribution in [0.2, 0.25) is 0 Å². The number of nitrogens with one attached hydrogen (secondary N) is 1. The van der Waals surface area contributed by atoms with Crippen molar-refractivity contribution in [1.82, 2.24) is 9.55 Å². The molecule has 0 aliphatic rings. The minimum Gasteiger partial charge on any atom is -0.408 e. The molecule has 2 aromatic carbocycles. The van der Waals surface area contributed by atoms with Gasteiger partial charge in [-0.05, 0) is 30.3 Å². The summed E-state index contributed by atoms with van der Waals surface area (Å²) in [5.41, 5.74) is 1.51. The zero-order chi connectivity index (χ0) is 19.2. The second-order valence-electron chi connectivity index (χ2n) is 5.89. The minimum absolute atomic E-state index is 0.188. The van der Waals surface area contributed by atoms with Crippen LogP contribution in [-0.4, -0.2) is 30.1 Å². The van der Waals surface area contributed by atoms with Crippen molar-refractivity contribution >= 4 is 53.5 Å². The number of aromatic nitrogens is 2. The molecule has 1 N–H and O–H groups in total. The van der Waals surface area contributed by atoms with Crippen LogP contribution in [0, 0.1) is 0 Å². The van der Waals surface area contributed by atoms with E-state index < -0.39 is 21.5 Å². The monoisotopic (exact) mass is 403 g/mol. The topological polar surface area (TPSA) is 111 Å². The number of fused-ring (bicyclic) bond motifs is 2. The van der Waals surface area contributed by atoms with E-state index >= 15 is 0 Å². The lowest BCUT2D eigenvalue weighted by Crippen LogP contribution is -2.24. The fourth-order valence-corrected chi connectivity index (χ4v) is 4.30. The fourth-order valence-electron chi connectivity index (χ4n) is 2.66. The molecular formula is C17H13N3O5S2. The molecule has 0 aliphatic carbocycles. The number of rotatable bonds is 4. The van der Waals surface area contributed by atoms with Crippen LogP contribution in [0.1, 0.15) is 0 Å². The zero-order valence-electron chi connectivity index (χ0n) is 14.0. The molecule has 138 valence electrons. The summed E-state index contributed by atoms with van der Waals surface area (Å²) in [4.78, 5) is 28.7. The molecule has 2 heterocycles. The van der Waals surface area contributed by atoms with Crippen molar-refractivity contribution in [3.63, 3.8) is 0 Å². The van der Waals surface area contributed by atoms with Crippen molar-refractivity contribution in [3.05, 3.63) is 53.0 Å². The fraction of sp³-hybridized carbons (Fsp3) is 0.118. The average molecular weight is 403 g/mol. The van der Waals surface area contributed by atoms with Crippen molar-refractivity contribution in [2.24, 2.45) is 0 Å². The number of anilines is 1. The Bertz CT molecular complexity index is 1350. The quantitative estimate of drug-likeness (QED) is 0.559. The van der Waals surface area contributed by atoms with Crippen LogP contribution in [0.5, 0.6) is 0 Å². The van der Waals surface area contributed by atoms with Gasteiger partial charge in [-0.1, -0.05) is 23.5 Å². The summed E-state index contributed by atoms with van der Waals surface area (Å²) < 4.78 is 30.3. The van der Waals surface area contributed by atoms with Crippen LogP contribution >= 0.6 is 11.3 Å². The number of nitrogens with zero attached hydrogens (tertiary/aromatic N) is 2. The standard InChI is InChI=1S/C17H13N3O5S2/c1-27(23,24)10-6-7-11-14(8-10)26-16(18-11)19-15(21)9-20-12-4-2-3-5-13(12)25-17(20)22/h2-8H,9H2,1H3,(H,18,19,21). The van der Waals surface area contributed by atoms with Crippen LogP contribution in [0.3, 0.4) is 0 Å². The Balaban J connectivity index is 1.59. The van der Waals surface area contributed by atoms with Gasteiger partial charge in [0, 0.05) is 6.26 Å². The molecule has 0 radical (unpaired) electrons. The van der Waals surface area contributed by atoms with Crippen molar-refractivity contribution in [3.8, 4) is 0 Å². The summed E-state index contributed by atoms with van der Waals surface area (Å²) in [6, 6.07) is 11.4. The highest BCUT2D eigenvalue weighted by Gasteiger charge is 2.15. The minimum atomic E-state index is -3.32. The molecule has 0 atom stereocenters. The molecule has 0 saturated carbocycles. The molecule has 2 aromatic heterocycles. The highest BCUT2D eigenvalue weighted by atomic mass is 32.2. The van der Waals surface area contributed by atoms with Gasteiger partial charge >= 0.3 is 5.76 Å². The van der Waals surface area contributed by atoms with Gasteiger partial charge in [0.15, 0.2) is 20.6 Å². The number of sulfone groups is 1. The Kier molecular flexibility index (Phi) is 4.08. The maximum atomic E-state index is 12.3. The maximum absolute atomic E-state index is 12.3. The Labute approximate surface area is 157 Å². The largest absolute Gasteiger partial charge is 0.420 e. The van der Waals surface area contributed by atoms with Crippen molar-refractivity contribution in [1.29, 1.82) is 0 Å². The van der Waals surface area contributed by atoms with Gasteiger partial charge in [0.05, 0.1) is 20.6 Å². The molecule has 8 nitrogen and oxygen atoms in total. The normalized spacial score (nSPS) is 11.9. The van der Waals surface area contributed by atoms with E-state index in [0.29, 0.717) is 26.4 Å².